The molecule has 0 fully saturated rings. The molecule has 0 unspecified atom stereocenters. The van der Waals surface area contributed by atoms with Gasteiger partial charge >= 0.3 is 0 Å². The molecule has 1 heterocycles. The number of hydrogen-bond donors (Lipinski definition) is 3. The number of nitrogen functional groups attached to an aromatic ring is 1. The lowest BCUT2D eigenvalue weighted by atomic mass is 10.2. The summed E-state index contributed by atoms with van der Waals surface area (Å²) in [5, 5.41) is 6.39. The van der Waals surface area contributed by atoms with E-state index in [0.717, 1.165) is 11.3 Å². The highest BCUT2D eigenvalue weighted by Gasteiger charge is 2.13. The smallest absolute Gasteiger partial charge is 0.159 e. The van der Waals surface area contributed by atoms with E-state index in [1.54, 1.807) is 27.4 Å². The second kappa shape index (κ2) is 8.34. The summed E-state index contributed by atoms with van der Waals surface area (Å²) in [6.07, 6.45) is 1.43. The van der Waals surface area contributed by atoms with Gasteiger partial charge in [-0.2, -0.15) is 0 Å². The summed E-state index contributed by atoms with van der Waals surface area (Å²) in [5.41, 5.74) is 9.21. The molecule has 28 heavy (non-hydrogen) atoms. The number of rotatable bonds is 7. The fourth-order valence-electron chi connectivity index (χ4n) is 2.67. The Morgan fingerprint density at radius 3 is 2.11 bits per heavy atom. The highest BCUT2D eigenvalue weighted by atomic mass is 16.5. The average molecular weight is 381 g/mol. The standard InChI is InChI=1S/C20H23N5O3/c1-12-5-8-16(27-3)15(9-12)25-20-18(21)19(22-11-23-20)24-14-7-6-13(26-2)10-17(14)28-4/h5-11H,21H2,1-4H3,(H2,22,23,24,25). The highest BCUT2D eigenvalue weighted by molar-refractivity contribution is 5.82. The van der Waals surface area contributed by atoms with E-state index in [0.29, 0.717) is 40.3 Å². The summed E-state index contributed by atoms with van der Waals surface area (Å²) >= 11 is 0. The number of benzene rings is 2. The molecule has 0 aliphatic carbocycles. The second-order valence-corrected chi connectivity index (χ2v) is 6.00. The SMILES string of the molecule is COc1ccc(Nc2ncnc(Nc3cc(C)ccc3OC)c2N)c(OC)c1. The van der Waals surface area contributed by atoms with Gasteiger partial charge in [-0.3, -0.25) is 0 Å². The molecule has 0 amide bonds. The van der Waals surface area contributed by atoms with Crippen LogP contribution in [0.3, 0.4) is 0 Å². The molecule has 4 N–H and O–H groups in total. The Labute approximate surface area is 163 Å². The zero-order chi connectivity index (χ0) is 20.1. The topological polar surface area (TPSA) is 104 Å². The van der Waals surface area contributed by atoms with Crippen LogP contribution >= 0.6 is 0 Å². The molecule has 0 radical (unpaired) electrons. The van der Waals surface area contributed by atoms with Gasteiger partial charge in [0.15, 0.2) is 11.6 Å². The summed E-state index contributed by atoms with van der Waals surface area (Å²) in [6, 6.07) is 11.2. The van der Waals surface area contributed by atoms with Crippen molar-refractivity contribution in [1.82, 2.24) is 9.97 Å². The molecule has 0 aliphatic heterocycles. The minimum Gasteiger partial charge on any atom is -0.497 e. The van der Waals surface area contributed by atoms with E-state index in [1.807, 2.05) is 37.3 Å². The molecule has 0 saturated carbocycles. The van der Waals surface area contributed by atoms with Crippen LogP contribution in [0.1, 0.15) is 5.56 Å². The molecule has 0 aliphatic rings. The third-order valence-corrected chi connectivity index (χ3v) is 4.15. The molecule has 8 nitrogen and oxygen atoms in total. The monoisotopic (exact) mass is 381 g/mol. The first-order valence-corrected chi connectivity index (χ1v) is 8.57. The third-order valence-electron chi connectivity index (χ3n) is 4.15. The van der Waals surface area contributed by atoms with Gasteiger partial charge in [0, 0.05) is 6.07 Å². The fourth-order valence-corrected chi connectivity index (χ4v) is 2.67. The van der Waals surface area contributed by atoms with Gasteiger partial charge in [-0.15, -0.1) is 0 Å². The highest BCUT2D eigenvalue weighted by Crippen LogP contribution is 2.35. The predicted octanol–water partition coefficient (Wildman–Crippen LogP) is 3.88. The van der Waals surface area contributed by atoms with Crippen LogP contribution in [0.5, 0.6) is 17.2 Å². The lowest BCUT2D eigenvalue weighted by Gasteiger charge is -2.16. The van der Waals surface area contributed by atoms with E-state index in [4.69, 9.17) is 19.9 Å². The van der Waals surface area contributed by atoms with Gasteiger partial charge in [0.1, 0.15) is 29.3 Å². The maximum atomic E-state index is 6.30. The van der Waals surface area contributed by atoms with Gasteiger partial charge in [-0.05, 0) is 36.8 Å². The van der Waals surface area contributed by atoms with Gasteiger partial charge in [-0.25, -0.2) is 9.97 Å². The van der Waals surface area contributed by atoms with Crippen molar-refractivity contribution in [3.8, 4) is 17.2 Å². The number of ether oxygens (including phenoxy) is 3. The van der Waals surface area contributed by atoms with Gasteiger partial charge in [-0.1, -0.05) is 6.07 Å². The molecule has 3 aromatic rings. The first-order valence-electron chi connectivity index (χ1n) is 8.57. The first kappa shape index (κ1) is 19.1. The number of aryl methyl sites for hydroxylation is 1. The molecular formula is C20H23N5O3. The number of methoxy groups -OCH3 is 3. The lowest BCUT2D eigenvalue weighted by molar-refractivity contribution is 0.395. The molecule has 0 spiro atoms. The maximum Gasteiger partial charge on any atom is 0.159 e. The molecule has 0 bridgehead atoms. The minimum atomic E-state index is 0.365. The molecule has 3 rings (SSSR count). The van der Waals surface area contributed by atoms with E-state index in [9.17, 15) is 0 Å². The number of hydrogen-bond acceptors (Lipinski definition) is 8. The van der Waals surface area contributed by atoms with Crippen LogP contribution in [0, 0.1) is 6.92 Å². The van der Waals surface area contributed by atoms with Crippen molar-refractivity contribution in [3.63, 3.8) is 0 Å². The number of anilines is 5. The van der Waals surface area contributed by atoms with Crippen LogP contribution < -0.4 is 30.6 Å². The van der Waals surface area contributed by atoms with Gasteiger partial charge in [0.05, 0.1) is 32.7 Å². The molecule has 146 valence electrons. The minimum absolute atomic E-state index is 0.365. The lowest BCUT2D eigenvalue weighted by Crippen LogP contribution is -2.06. The maximum absolute atomic E-state index is 6.30. The molecule has 0 saturated heterocycles. The normalized spacial score (nSPS) is 10.3. The van der Waals surface area contributed by atoms with Crippen molar-refractivity contribution < 1.29 is 14.2 Å². The summed E-state index contributed by atoms with van der Waals surface area (Å²) < 4.78 is 16.0. The van der Waals surface area contributed by atoms with E-state index < -0.39 is 0 Å². The molecule has 0 atom stereocenters. The molecular weight excluding hydrogens is 358 g/mol. The number of aromatic nitrogens is 2. The summed E-state index contributed by atoms with van der Waals surface area (Å²) in [4.78, 5) is 8.51. The van der Waals surface area contributed by atoms with Crippen LogP contribution in [-0.4, -0.2) is 31.3 Å². The van der Waals surface area contributed by atoms with Crippen molar-refractivity contribution >= 4 is 28.7 Å². The van der Waals surface area contributed by atoms with Gasteiger partial charge in [0.25, 0.3) is 0 Å². The van der Waals surface area contributed by atoms with E-state index in [-0.39, 0.29) is 0 Å². The Kier molecular flexibility index (Phi) is 5.69. The zero-order valence-corrected chi connectivity index (χ0v) is 16.2. The Hall–Kier alpha value is -3.68. The number of nitrogens with one attached hydrogen (secondary N) is 2. The fraction of sp³-hybridized carbons (Fsp3) is 0.200. The van der Waals surface area contributed by atoms with E-state index in [1.165, 1.54) is 6.33 Å². The molecule has 8 heteroatoms. The number of nitrogens with two attached hydrogens (primary N) is 1. The van der Waals surface area contributed by atoms with Crippen molar-refractivity contribution in [2.24, 2.45) is 0 Å². The Bertz CT molecular complexity index is 978. The summed E-state index contributed by atoms with van der Waals surface area (Å²) in [6.45, 7) is 2.00. The summed E-state index contributed by atoms with van der Waals surface area (Å²) in [5.74, 6) is 2.90. The van der Waals surface area contributed by atoms with Gasteiger partial charge in [0.2, 0.25) is 0 Å². The van der Waals surface area contributed by atoms with Crippen LogP contribution in [0.25, 0.3) is 0 Å². The van der Waals surface area contributed by atoms with Crippen molar-refractivity contribution in [2.45, 2.75) is 6.92 Å². The van der Waals surface area contributed by atoms with Crippen LogP contribution in [0.15, 0.2) is 42.7 Å². The Balaban J connectivity index is 1.91. The molecule has 1 aromatic heterocycles. The summed E-state index contributed by atoms with van der Waals surface area (Å²) in [7, 11) is 4.80. The predicted molar refractivity (Wildman–Crippen MR) is 110 cm³/mol. The van der Waals surface area contributed by atoms with Crippen molar-refractivity contribution in [1.29, 1.82) is 0 Å². The van der Waals surface area contributed by atoms with Crippen LogP contribution in [0.4, 0.5) is 28.7 Å². The third kappa shape index (κ3) is 4.01. The molecule has 2 aromatic carbocycles. The van der Waals surface area contributed by atoms with Crippen LogP contribution in [-0.2, 0) is 0 Å². The largest absolute Gasteiger partial charge is 0.497 e. The van der Waals surface area contributed by atoms with Crippen molar-refractivity contribution in [3.05, 3.63) is 48.3 Å². The van der Waals surface area contributed by atoms with E-state index in [2.05, 4.69) is 20.6 Å². The second-order valence-electron chi connectivity index (χ2n) is 6.00. The Morgan fingerprint density at radius 1 is 0.786 bits per heavy atom. The first-order chi connectivity index (χ1) is 13.5. The Morgan fingerprint density at radius 2 is 1.46 bits per heavy atom. The number of nitrogens with zero attached hydrogens (tertiary/aromatic N) is 2. The van der Waals surface area contributed by atoms with Crippen LogP contribution in [0.2, 0.25) is 0 Å². The van der Waals surface area contributed by atoms with Gasteiger partial charge < -0.3 is 30.6 Å². The van der Waals surface area contributed by atoms with Crippen molar-refractivity contribution in [2.75, 3.05) is 37.7 Å². The average Bonchev–Trinajstić information content (AvgIpc) is 2.71. The van der Waals surface area contributed by atoms with E-state index >= 15 is 0 Å². The quantitative estimate of drug-likeness (QED) is 0.566. The zero-order valence-electron chi connectivity index (χ0n) is 16.2.